The van der Waals surface area contributed by atoms with Crippen LogP contribution in [0.2, 0.25) is 0 Å². The van der Waals surface area contributed by atoms with Gasteiger partial charge in [0.1, 0.15) is 6.54 Å². The number of carbonyl (C=O) groups is 1. The van der Waals surface area contributed by atoms with E-state index in [0.29, 0.717) is 5.69 Å². The highest BCUT2D eigenvalue weighted by Crippen LogP contribution is 2.15. The Hall–Kier alpha value is -4.15. The fraction of sp³-hybridized carbons (Fsp3) is 0.167. The van der Waals surface area contributed by atoms with Gasteiger partial charge in [0.05, 0.1) is 12.0 Å². The van der Waals surface area contributed by atoms with Crippen molar-refractivity contribution in [2.24, 2.45) is 14.1 Å². The van der Waals surface area contributed by atoms with Crippen LogP contribution in [0, 0.1) is 0 Å². The second kappa shape index (κ2) is 7.11. The van der Waals surface area contributed by atoms with Gasteiger partial charge in [-0.15, -0.1) is 10.2 Å². The standard InChI is InChI=1S/C18H16N8O3/c1-24-16-15(17(28)25(2)18(24)29)26(10-20-16)9-14(27)21-13-4-3-12(22-23-13)11-5-7-19-8-6-11/h3-8,10H,9H2,1-2H3,(H,21,23,27). The fourth-order valence-corrected chi connectivity index (χ4v) is 2.93. The summed E-state index contributed by atoms with van der Waals surface area (Å²) >= 11 is 0. The van der Waals surface area contributed by atoms with Crippen molar-refractivity contribution in [2.75, 3.05) is 5.32 Å². The molecule has 1 amide bonds. The number of aromatic nitrogens is 7. The zero-order valence-electron chi connectivity index (χ0n) is 15.6. The maximum absolute atomic E-state index is 12.4. The van der Waals surface area contributed by atoms with Gasteiger partial charge in [-0.1, -0.05) is 0 Å². The molecule has 0 bridgehead atoms. The predicted octanol–water partition coefficient (Wildman–Crippen LogP) is -0.0756. The second-order valence-corrected chi connectivity index (χ2v) is 6.34. The van der Waals surface area contributed by atoms with E-state index in [-0.39, 0.29) is 23.5 Å². The minimum Gasteiger partial charge on any atom is -0.315 e. The number of nitrogens with zero attached hydrogens (tertiary/aromatic N) is 7. The summed E-state index contributed by atoms with van der Waals surface area (Å²) in [6.07, 6.45) is 4.66. The molecule has 0 aliphatic rings. The first-order chi connectivity index (χ1) is 14.0. The van der Waals surface area contributed by atoms with Crippen LogP contribution >= 0.6 is 0 Å². The van der Waals surface area contributed by atoms with Crippen molar-refractivity contribution >= 4 is 22.9 Å². The van der Waals surface area contributed by atoms with Crippen LogP contribution < -0.4 is 16.6 Å². The van der Waals surface area contributed by atoms with Gasteiger partial charge in [0, 0.05) is 32.1 Å². The van der Waals surface area contributed by atoms with Crippen LogP contribution in [0.15, 0.2) is 52.6 Å². The topological polar surface area (TPSA) is 130 Å². The van der Waals surface area contributed by atoms with Crippen LogP contribution in [-0.2, 0) is 25.4 Å². The highest BCUT2D eigenvalue weighted by atomic mass is 16.2. The lowest BCUT2D eigenvalue weighted by atomic mass is 10.2. The number of amides is 1. The molecule has 4 heterocycles. The van der Waals surface area contributed by atoms with E-state index in [9.17, 15) is 14.4 Å². The highest BCUT2D eigenvalue weighted by molar-refractivity contribution is 5.90. The lowest BCUT2D eigenvalue weighted by Gasteiger charge is -2.07. The zero-order valence-corrected chi connectivity index (χ0v) is 15.6. The Bertz CT molecular complexity index is 1320. The van der Waals surface area contributed by atoms with Gasteiger partial charge in [-0.05, 0) is 24.3 Å². The summed E-state index contributed by atoms with van der Waals surface area (Å²) in [6.45, 7) is -0.169. The number of fused-ring (bicyclic) bond motifs is 1. The highest BCUT2D eigenvalue weighted by Gasteiger charge is 2.16. The van der Waals surface area contributed by atoms with Crippen LogP contribution in [0.1, 0.15) is 0 Å². The van der Waals surface area contributed by atoms with Gasteiger partial charge in [0.25, 0.3) is 5.56 Å². The summed E-state index contributed by atoms with van der Waals surface area (Å²) in [5.41, 5.74) is 0.889. The molecule has 0 atom stereocenters. The molecule has 0 saturated heterocycles. The first-order valence-electron chi connectivity index (χ1n) is 8.60. The Morgan fingerprint density at radius 2 is 1.79 bits per heavy atom. The van der Waals surface area contributed by atoms with E-state index >= 15 is 0 Å². The number of rotatable bonds is 4. The number of nitrogens with one attached hydrogen (secondary N) is 1. The van der Waals surface area contributed by atoms with Crippen LogP contribution in [0.5, 0.6) is 0 Å². The number of anilines is 1. The first kappa shape index (κ1) is 18.2. The van der Waals surface area contributed by atoms with Crippen LogP contribution in [0.3, 0.4) is 0 Å². The van der Waals surface area contributed by atoms with Crippen molar-refractivity contribution < 1.29 is 4.79 Å². The summed E-state index contributed by atoms with van der Waals surface area (Å²) in [7, 11) is 2.89. The minimum absolute atomic E-state index is 0.169. The third kappa shape index (κ3) is 3.29. The Morgan fingerprint density at radius 3 is 2.48 bits per heavy atom. The molecular formula is C18H16N8O3. The molecular weight excluding hydrogens is 376 g/mol. The average molecular weight is 392 g/mol. The average Bonchev–Trinajstić information content (AvgIpc) is 3.15. The molecule has 11 heteroatoms. The number of carbonyl (C=O) groups excluding carboxylic acids is 1. The molecule has 0 aromatic carbocycles. The van der Waals surface area contributed by atoms with Crippen molar-refractivity contribution in [1.82, 2.24) is 33.9 Å². The van der Waals surface area contributed by atoms with E-state index < -0.39 is 17.2 Å². The van der Waals surface area contributed by atoms with Gasteiger partial charge in [-0.2, -0.15) is 0 Å². The molecule has 0 saturated carbocycles. The van der Waals surface area contributed by atoms with Crippen molar-refractivity contribution in [1.29, 1.82) is 0 Å². The van der Waals surface area contributed by atoms with Gasteiger partial charge in [-0.25, -0.2) is 9.78 Å². The van der Waals surface area contributed by atoms with Gasteiger partial charge < -0.3 is 9.88 Å². The van der Waals surface area contributed by atoms with E-state index in [2.05, 4.69) is 25.5 Å². The van der Waals surface area contributed by atoms with Gasteiger partial charge in [-0.3, -0.25) is 23.7 Å². The molecule has 4 aromatic heterocycles. The van der Waals surface area contributed by atoms with E-state index in [1.54, 1.807) is 36.7 Å². The van der Waals surface area contributed by atoms with Crippen molar-refractivity contribution in [3.05, 3.63) is 63.8 Å². The zero-order chi connectivity index (χ0) is 20.5. The van der Waals surface area contributed by atoms with E-state index in [1.807, 2.05) is 0 Å². The molecule has 0 aliphatic carbocycles. The molecule has 146 valence electrons. The molecule has 11 nitrogen and oxygen atoms in total. The van der Waals surface area contributed by atoms with Gasteiger partial charge >= 0.3 is 5.69 Å². The minimum atomic E-state index is -0.519. The summed E-state index contributed by atoms with van der Waals surface area (Å²) in [4.78, 5) is 44.9. The maximum Gasteiger partial charge on any atom is 0.332 e. The van der Waals surface area contributed by atoms with Gasteiger partial charge in [0.15, 0.2) is 17.0 Å². The number of pyridine rings is 1. The smallest absolute Gasteiger partial charge is 0.315 e. The lowest BCUT2D eigenvalue weighted by Crippen LogP contribution is -2.37. The van der Waals surface area contributed by atoms with Gasteiger partial charge in [0.2, 0.25) is 5.91 Å². The summed E-state index contributed by atoms with van der Waals surface area (Å²) in [5.74, 6) is -0.135. The molecule has 0 aliphatic heterocycles. The van der Waals surface area contributed by atoms with E-state index in [4.69, 9.17) is 0 Å². The first-order valence-corrected chi connectivity index (χ1v) is 8.60. The van der Waals surface area contributed by atoms with Crippen LogP contribution in [-0.4, -0.2) is 39.8 Å². The number of imidazole rings is 1. The molecule has 0 fully saturated rings. The Balaban J connectivity index is 1.55. The van der Waals surface area contributed by atoms with Crippen LogP contribution in [0.4, 0.5) is 5.82 Å². The van der Waals surface area contributed by atoms with Crippen molar-refractivity contribution in [2.45, 2.75) is 6.54 Å². The SMILES string of the molecule is Cn1c(=O)c2c(ncn2CC(=O)Nc2ccc(-c3ccncc3)nn2)n(C)c1=O. The third-order valence-corrected chi connectivity index (χ3v) is 4.44. The second-order valence-electron chi connectivity index (χ2n) is 6.34. The van der Waals surface area contributed by atoms with Crippen LogP contribution in [0.25, 0.3) is 22.4 Å². The molecule has 0 spiro atoms. The number of aryl methyl sites for hydroxylation is 1. The normalized spacial score (nSPS) is 11.0. The summed E-state index contributed by atoms with van der Waals surface area (Å²) < 4.78 is 3.63. The third-order valence-electron chi connectivity index (χ3n) is 4.44. The fourth-order valence-electron chi connectivity index (χ4n) is 2.93. The summed E-state index contributed by atoms with van der Waals surface area (Å²) in [5, 5.41) is 10.7. The molecule has 1 N–H and O–H groups in total. The number of hydrogen-bond acceptors (Lipinski definition) is 7. The molecule has 0 radical (unpaired) electrons. The monoisotopic (exact) mass is 392 g/mol. The molecule has 4 aromatic rings. The molecule has 0 unspecified atom stereocenters. The number of hydrogen-bond donors (Lipinski definition) is 1. The maximum atomic E-state index is 12.4. The Morgan fingerprint density at radius 1 is 1.03 bits per heavy atom. The Labute approximate surface area is 163 Å². The quantitative estimate of drug-likeness (QED) is 0.514. The van der Waals surface area contributed by atoms with E-state index in [0.717, 1.165) is 10.1 Å². The summed E-state index contributed by atoms with van der Waals surface area (Å²) in [6, 6.07) is 6.98. The molecule has 4 rings (SSSR count). The molecule has 29 heavy (non-hydrogen) atoms. The predicted molar refractivity (Wildman–Crippen MR) is 104 cm³/mol. The van der Waals surface area contributed by atoms with Crippen molar-refractivity contribution in [3.63, 3.8) is 0 Å². The van der Waals surface area contributed by atoms with Crippen molar-refractivity contribution in [3.8, 4) is 11.3 Å². The largest absolute Gasteiger partial charge is 0.332 e. The lowest BCUT2D eigenvalue weighted by molar-refractivity contribution is -0.116. The Kier molecular flexibility index (Phi) is 4.47. The van der Waals surface area contributed by atoms with E-state index in [1.165, 1.54) is 29.6 Å².